The van der Waals surface area contributed by atoms with E-state index in [0.29, 0.717) is 6.42 Å². The molecule has 0 spiro atoms. The summed E-state index contributed by atoms with van der Waals surface area (Å²) in [5.74, 6) is 0.192. The van der Waals surface area contributed by atoms with E-state index in [4.69, 9.17) is 0 Å². The van der Waals surface area contributed by atoms with Gasteiger partial charge in [-0.1, -0.05) is 61.4 Å². The van der Waals surface area contributed by atoms with Crippen LogP contribution in [-0.2, 0) is 4.79 Å². The maximum atomic E-state index is 12.7. The third-order valence-electron chi connectivity index (χ3n) is 4.83. The Balaban J connectivity index is 2.05. The van der Waals surface area contributed by atoms with Crippen molar-refractivity contribution in [3.05, 3.63) is 71.4 Å². The van der Waals surface area contributed by atoms with Crippen LogP contribution in [0.15, 0.2) is 54.7 Å². The first-order valence-corrected chi connectivity index (χ1v) is 9.00. The van der Waals surface area contributed by atoms with Gasteiger partial charge in [-0.2, -0.15) is 0 Å². The second kappa shape index (κ2) is 7.56. The van der Waals surface area contributed by atoms with Crippen LogP contribution in [0.2, 0.25) is 0 Å². The number of hydrogen-bond acceptors (Lipinski definition) is 1. The number of nitrogens with zero attached hydrogens (tertiary/aromatic N) is 1. The van der Waals surface area contributed by atoms with Crippen LogP contribution in [0, 0.1) is 6.92 Å². The summed E-state index contributed by atoms with van der Waals surface area (Å²) in [7, 11) is 1.92. The lowest BCUT2D eigenvalue weighted by atomic mass is 9.95. The van der Waals surface area contributed by atoms with Crippen molar-refractivity contribution in [2.45, 2.75) is 39.2 Å². The lowest BCUT2D eigenvalue weighted by Gasteiger charge is -2.29. The van der Waals surface area contributed by atoms with Crippen molar-refractivity contribution in [3.63, 3.8) is 0 Å². The van der Waals surface area contributed by atoms with Gasteiger partial charge in [0.15, 0.2) is 0 Å². The van der Waals surface area contributed by atoms with Gasteiger partial charge in [0, 0.05) is 36.1 Å². The minimum absolute atomic E-state index is 0.0823. The fourth-order valence-corrected chi connectivity index (χ4v) is 3.33. The summed E-state index contributed by atoms with van der Waals surface area (Å²) in [5, 5.41) is 1.17. The molecule has 3 aromatic rings. The summed E-state index contributed by atoms with van der Waals surface area (Å²) in [6, 6.07) is 16.7. The molecule has 0 unspecified atom stereocenters. The third kappa shape index (κ3) is 3.60. The maximum absolute atomic E-state index is 12.7. The zero-order valence-electron chi connectivity index (χ0n) is 15.3. The first-order valence-electron chi connectivity index (χ1n) is 9.00. The molecule has 130 valence electrons. The number of nitrogens with one attached hydrogen (secondary N) is 1. The molecular formula is C22H26N2O. The lowest BCUT2D eigenvalue weighted by Crippen LogP contribution is -2.31. The molecule has 0 aliphatic rings. The number of aromatic amines is 1. The molecule has 1 amide bonds. The molecule has 0 fully saturated rings. The van der Waals surface area contributed by atoms with E-state index in [2.05, 4.69) is 55.2 Å². The van der Waals surface area contributed by atoms with Crippen LogP contribution in [0.1, 0.15) is 48.9 Å². The average molecular weight is 334 g/mol. The standard InChI is InChI=1S/C22H26N2O/c1-4-5-10-21(25)24(3)22(17-13-11-16(2)12-14-17)19-15-23-20-9-7-6-8-18(19)20/h6-9,11-15,22-23H,4-5,10H2,1-3H3/t22-/m1/s1. The molecule has 2 aromatic carbocycles. The van der Waals surface area contributed by atoms with Gasteiger partial charge in [0.1, 0.15) is 0 Å². The first kappa shape index (κ1) is 17.3. The number of unbranched alkanes of at least 4 members (excludes halogenated alkanes) is 1. The summed E-state index contributed by atoms with van der Waals surface area (Å²) in [5.41, 5.74) is 4.61. The Bertz CT molecular complexity index is 848. The summed E-state index contributed by atoms with van der Waals surface area (Å²) < 4.78 is 0. The second-order valence-electron chi connectivity index (χ2n) is 6.71. The van der Waals surface area contributed by atoms with Crippen LogP contribution in [-0.4, -0.2) is 22.8 Å². The molecule has 0 radical (unpaired) electrons. The number of benzene rings is 2. The van der Waals surface area contributed by atoms with Crippen molar-refractivity contribution in [1.82, 2.24) is 9.88 Å². The largest absolute Gasteiger partial charge is 0.361 e. The number of fused-ring (bicyclic) bond motifs is 1. The van der Waals surface area contributed by atoms with Gasteiger partial charge in [0.2, 0.25) is 5.91 Å². The Morgan fingerprint density at radius 1 is 1.12 bits per heavy atom. The predicted octanol–water partition coefficient (Wildman–Crippen LogP) is 5.21. The Kier molecular flexibility index (Phi) is 5.22. The van der Waals surface area contributed by atoms with E-state index in [1.165, 1.54) is 10.9 Å². The van der Waals surface area contributed by atoms with Gasteiger partial charge in [-0.3, -0.25) is 4.79 Å². The van der Waals surface area contributed by atoms with Gasteiger partial charge in [-0.25, -0.2) is 0 Å². The van der Waals surface area contributed by atoms with Gasteiger partial charge < -0.3 is 9.88 Å². The number of carbonyl (C=O) groups is 1. The topological polar surface area (TPSA) is 36.1 Å². The molecule has 1 aromatic heterocycles. The normalized spacial score (nSPS) is 12.3. The second-order valence-corrected chi connectivity index (χ2v) is 6.71. The molecular weight excluding hydrogens is 308 g/mol. The number of hydrogen-bond donors (Lipinski definition) is 1. The smallest absolute Gasteiger partial charge is 0.223 e. The Hall–Kier alpha value is -2.55. The number of rotatable bonds is 6. The highest BCUT2D eigenvalue weighted by molar-refractivity contribution is 5.85. The highest BCUT2D eigenvalue weighted by atomic mass is 16.2. The maximum Gasteiger partial charge on any atom is 0.223 e. The highest BCUT2D eigenvalue weighted by Crippen LogP contribution is 2.33. The van der Waals surface area contributed by atoms with Crippen LogP contribution >= 0.6 is 0 Å². The van der Waals surface area contributed by atoms with Crippen molar-refractivity contribution in [3.8, 4) is 0 Å². The van der Waals surface area contributed by atoms with Crippen molar-refractivity contribution in [1.29, 1.82) is 0 Å². The predicted molar refractivity (Wildman–Crippen MR) is 104 cm³/mol. The number of para-hydroxylation sites is 1. The minimum atomic E-state index is -0.0823. The van der Waals surface area contributed by atoms with Crippen LogP contribution in [0.5, 0.6) is 0 Å². The van der Waals surface area contributed by atoms with Crippen LogP contribution in [0.4, 0.5) is 0 Å². The summed E-state index contributed by atoms with van der Waals surface area (Å²) >= 11 is 0. The van der Waals surface area contributed by atoms with E-state index in [0.717, 1.165) is 29.5 Å². The van der Waals surface area contributed by atoms with Crippen LogP contribution < -0.4 is 0 Å². The van der Waals surface area contributed by atoms with Gasteiger partial charge in [-0.05, 0) is 25.0 Å². The molecule has 0 aliphatic carbocycles. The number of aromatic nitrogens is 1. The molecule has 3 heteroatoms. The minimum Gasteiger partial charge on any atom is -0.361 e. The zero-order chi connectivity index (χ0) is 17.8. The van der Waals surface area contributed by atoms with E-state index in [1.54, 1.807) is 0 Å². The van der Waals surface area contributed by atoms with Crippen molar-refractivity contribution >= 4 is 16.8 Å². The molecule has 0 saturated heterocycles. The molecule has 3 rings (SSSR count). The van der Waals surface area contributed by atoms with Gasteiger partial charge in [-0.15, -0.1) is 0 Å². The first-order chi connectivity index (χ1) is 12.1. The van der Waals surface area contributed by atoms with Crippen molar-refractivity contribution in [2.24, 2.45) is 0 Å². The van der Waals surface area contributed by atoms with Crippen molar-refractivity contribution in [2.75, 3.05) is 7.05 Å². The van der Waals surface area contributed by atoms with Gasteiger partial charge in [0.25, 0.3) is 0 Å². The molecule has 1 heterocycles. The molecule has 1 N–H and O–H groups in total. The number of H-pyrrole nitrogens is 1. The van der Waals surface area contributed by atoms with Crippen LogP contribution in [0.25, 0.3) is 10.9 Å². The third-order valence-corrected chi connectivity index (χ3v) is 4.83. The Morgan fingerprint density at radius 3 is 2.56 bits per heavy atom. The molecule has 25 heavy (non-hydrogen) atoms. The summed E-state index contributed by atoms with van der Waals surface area (Å²) in [6.45, 7) is 4.20. The number of carbonyl (C=O) groups excluding carboxylic acids is 1. The van der Waals surface area contributed by atoms with E-state index in [1.807, 2.05) is 30.3 Å². The Morgan fingerprint density at radius 2 is 1.84 bits per heavy atom. The van der Waals surface area contributed by atoms with E-state index >= 15 is 0 Å². The fourth-order valence-electron chi connectivity index (χ4n) is 3.33. The van der Waals surface area contributed by atoms with Gasteiger partial charge in [0.05, 0.1) is 6.04 Å². The van der Waals surface area contributed by atoms with E-state index in [9.17, 15) is 4.79 Å². The van der Waals surface area contributed by atoms with Crippen molar-refractivity contribution < 1.29 is 4.79 Å². The van der Waals surface area contributed by atoms with Gasteiger partial charge >= 0.3 is 0 Å². The fraction of sp³-hybridized carbons (Fsp3) is 0.318. The van der Waals surface area contributed by atoms with E-state index < -0.39 is 0 Å². The highest BCUT2D eigenvalue weighted by Gasteiger charge is 2.25. The summed E-state index contributed by atoms with van der Waals surface area (Å²) in [6.07, 6.45) is 4.59. The quantitative estimate of drug-likeness (QED) is 0.659. The molecule has 0 bridgehead atoms. The number of amides is 1. The monoisotopic (exact) mass is 334 g/mol. The SMILES string of the molecule is CCCCC(=O)N(C)[C@H](c1ccc(C)cc1)c1c[nH]c2ccccc12. The van der Waals surface area contributed by atoms with Crippen LogP contribution in [0.3, 0.4) is 0 Å². The average Bonchev–Trinajstić information content (AvgIpc) is 3.05. The molecule has 0 saturated carbocycles. The lowest BCUT2D eigenvalue weighted by molar-refractivity contribution is -0.131. The summed E-state index contributed by atoms with van der Waals surface area (Å²) in [4.78, 5) is 18.0. The number of aryl methyl sites for hydroxylation is 1. The molecule has 3 nitrogen and oxygen atoms in total. The molecule has 0 aliphatic heterocycles. The Labute approximate surface area is 149 Å². The van der Waals surface area contributed by atoms with E-state index in [-0.39, 0.29) is 11.9 Å². The zero-order valence-corrected chi connectivity index (χ0v) is 15.3. The molecule has 1 atom stereocenters.